The van der Waals surface area contributed by atoms with Gasteiger partial charge in [-0.15, -0.1) is 12.4 Å². The third-order valence-corrected chi connectivity index (χ3v) is 3.58. The Morgan fingerprint density at radius 2 is 2.21 bits per heavy atom. The molecular weight excluding hydrogens is 267 g/mol. The summed E-state index contributed by atoms with van der Waals surface area (Å²) in [6.07, 6.45) is 1.85. The smallest absolute Gasteiger partial charge is 0.231 e. The summed E-state index contributed by atoms with van der Waals surface area (Å²) in [4.78, 5) is 12.2. The second-order valence-electron chi connectivity index (χ2n) is 5.26. The van der Waals surface area contributed by atoms with E-state index in [0.717, 1.165) is 19.4 Å². The summed E-state index contributed by atoms with van der Waals surface area (Å²) in [7, 11) is 0. The number of aryl methyl sites for hydroxylation is 1. The predicted octanol–water partition coefficient (Wildman–Crippen LogP) is 2.88. The van der Waals surface area contributed by atoms with Gasteiger partial charge in [-0.05, 0) is 50.9 Å². The van der Waals surface area contributed by atoms with Crippen LogP contribution in [0.25, 0.3) is 0 Å². The van der Waals surface area contributed by atoms with Crippen molar-refractivity contribution in [3.63, 3.8) is 0 Å². The van der Waals surface area contributed by atoms with Crippen LogP contribution in [0, 0.1) is 18.2 Å². The number of amides is 1. The molecule has 0 saturated carbocycles. The number of hydrogen-bond acceptors (Lipinski definition) is 2. The van der Waals surface area contributed by atoms with E-state index in [0.29, 0.717) is 17.8 Å². The maximum absolute atomic E-state index is 13.4. The van der Waals surface area contributed by atoms with Gasteiger partial charge in [0.05, 0.1) is 5.41 Å². The molecule has 106 valence electrons. The van der Waals surface area contributed by atoms with Crippen LogP contribution in [0.5, 0.6) is 0 Å². The lowest BCUT2D eigenvalue weighted by Gasteiger charge is -2.32. The summed E-state index contributed by atoms with van der Waals surface area (Å²) >= 11 is 0. The van der Waals surface area contributed by atoms with Crippen molar-refractivity contribution in [2.24, 2.45) is 5.41 Å². The van der Waals surface area contributed by atoms with Crippen molar-refractivity contribution in [2.45, 2.75) is 26.7 Å². The Hall–Kier alpha value is -1.13. The van der Waals surface area contributed by atoms with Crippen molar-refractivity contribution in [3.05, 3.63) is 29.6 Å². The van der Waals surface area contributed by atoms with E-state index in [1.807, 2.05) is 6.92 Å². The molecule has 0 bridgehead atoms. The summed E-state index contributed by atoms with van der Waals surface area (Å²) in [5, 5.41) is 6.03. The zero-order valence-corrected chi connectivity index (χ0v) is 12.1. The van der Waals surface area contributed by atoms with Gasteiger partial charge in [0, 0.05) is 12.2 Å². The Bertz CT molecular complexity index is 459. The van der Waals surface area contributed by atoms with Crippen LogP contribution in [-0.2, 0) is 4.79 Å². The highest BCUT2D eigenvalue weighted by Crippen LogP contribution is 2.27. The maximum Gasteiger partial charge on any atom is 0.231 e. The van der Waals surface area contributed by atoms with Crippen molar-refractivity contribution in [1.82, 2.24) is 5.32 Å². The number of carbonyl (C=O) groups excluding carboxylic acids is 1. The molecule has 1 aliphatic rings. The number of hydrogen-bond donors (Lipinski definition) is 2. The molecule has 1 aromatic rings. The first-order valence-corrected chi connectivity index (χ1v) is 6.30. The molecule has 3 nitrogen and oxygen atoms in total. The largest absolute Gasteiger partial charge is 0.325 e. The fraction of sp³-hybridized carbons (Fsp3) is 0.500. The van der Waals surface area contributed by atoms with Gasteiger partial charge in [-0.1, -0.05) is 6.07 Å². The Balaban J connectivity index is 0.00000180. The van der Waals surface area contributed by atoms with Gasteiger partial charge in [-0.25, -0.2) is 4.39 Å². The van der Waals surface area contributed by atoms with E-state index in [1.54, 1.807) is 19.1 Å². The van der Waals surface area contributed by atoms with Crippen LogP contribution >= 0.6 is 12.4 Å². The molecule has 1 saturated heterocycles. The van der Waals surface area contributed by atoms with E-state index in [4.69, 9.17) is 0 Å². The second kappa shape index (κ2) is 6.35. The zero-order valence-electron chi connectivity index (χ0n) is 11.3. The van der Waals surface area contributed by atoms with Crippen LogP contribution < -0.4 is 10.6 Å². The summed E-state index contributed by atoms with van der Waals surface area (Å²) in [5.41, 5.74) is 0.702. The van der Waals surface area contributed by atoms with E-state index in [2.05, 4.69) is 10.6 Å². The van der Waals surface area contributed by atoms with Crippen LogP contribution in [0.3, 0.4) is 0 Å². The Morgan fingerprint density at radius 1 is 1.47 bits per heavy atom. The van der Waals surface area contributed by atoms with Gasteiger partial charge in [0.2, 0.25) is 5.91 Å². The molecule has 19 heavy (non-hydrogen) atoms. The summed E-state index contributed by atoms with van der Waals surface area (Å²) in [6.45, 7) is 5.28. The van der Waals surface area contributed by atoms with E-state index in [9.17, 15) is 9.18 Å². The standard InChI is InChI=1S/C14H19FN2O.ClH/c1-10-4-5-11(8-12(10)15)17-13(18)14(2)6-3-7-16-9-14;/h4-5,8,16H,3,6-7,9H2,1-2H3,(H,17,18);1H. The van der Waals surface area contributed by atoms with Crippen LogP contribution in [0.2, 0.25) is 0 Å². The molecule has 2 N–H and O–H groups in total. The van der Waals surface area contributed by atoms with Crippen molar-refractivity contribution in [2.75, 3.05) is 18.4 Å². The molecule has 1 aliphatic heterocycles. The zero-order chi connectivity index (χ0) is 13.2. The van der Waals surface area contributed by atoms with E-state index in [1.165, 1.54) is 6.07 Å². The molecule has 1 heterocycles. The average molecular weight is 287 g/mol. The summed E-state index contributed by atoms with van der Waals surface area (Å²) in [6, 6.07) is 4.77. The molecule has 1 amide bonds. The van der Waals surface area contributed by atoms with Gasteiger partial charge in [0.15, 0.2) is 0 Å². The number of rotatable bonds is 2. The fourth-order valence-electron chi connectivity index (χ4n) is 2.20. The van der Waals surface area contributed by atoms with Gasteiger partial charge >= 0.3 is 0 Å². The van der Waals surface area contributed by atoms with Gasteiger partial charge in [0.25, 0.3) is 0 Å². The molecule has 2 rings (SSSR count). The number of nitrogens with one attached hydrogen (secondary N) is 2. The monoisotopic (exact) mass is 286 g/mol. The highest BCUT2D eigenvalue weighted by Gasteiger charge is 2.34. The molecule has 0 aromatic heterocycles. The first kappa shape index (κ1) is 15.9. The topological polar surface area (TPSA) is 41.1 Å². The van der Waals surface area contributed by atoms with Crippen LogP contribution in [0.1, 0.15) is 25.3 Å². The maximum atomic E-state index is 13.4. The molecule has 5 heteroatoms. The van der Waals surface area contributed by atoms with Crippen LogP contribution in [0.15, 0.2) is 18.2 Å². The number of anilines is 1. The lowest BCUT2D eigenvalue weighted by atomic mass is 9.82. The second-order valence-corrected chi connectivity index (χ2v) is 5.26. The molecule has 1 fully saturated rings. The van der Waals surface area contributed by atoms with E-state index >= 15 is 0 Å². The van der Waals surface area contributed by atoms with E-state index in [-0.39, 0.29) is 24.1 Å². The molecule has 0 aliphatic carbocycles. The van der Waals surface area contributed by atoms with Crippen LogP contribution in [-0.4, -0.2) is 19.0 Å². The minimum atomic E-state index is -0.403. The third-order valence-electron chi connectivity index (χ3n) is 3.58. The summed E-state index contributed by atoms with van der Waals surface area (Å²) < 4.78 is 13.4. The SMILES string of the molecule is Cc1ccc(NC(=O)C2(C)CCCNC2)cc1F.Cl. The number of piperidine rings is 1. The minimum Gasteiger partial charge on any atom is -0.325 e. The molecule has 0 radical (unpaired) electrons. The van der Waals surface area contributed by atoms with E-state index < -0.39 is 5.41 Å². The molecule has 0 spiro atoms. The quantitative estimate of drug-likeness (QED) is 0.878. The lowest BCUT2D eigenvalue weighted by Crippen LogP contribution is -2.46. The normalized spacial score (nSPS) is 22.5. The number of halogens is 2. The van der Waals surface area contributed by atoms with Crippen LogP contribution in [0.4, 0.5) is 10.1 Å². The Kier molecular flexibility index (Phi) is 5.32. The molecule has 1 unspecified atom stereocenters. The lowest BCUT2D eigenvalue weighted by molar-refractivity contribution is -0.125. The first-order chi connectivity index (χ1) is 8.51. The number of benzene rings is 1. The Labute approximate surface area is 119 Å². The van der Waals surface area contributed by atoms with Gasteiger partial charge in [-0.3, -0.25) is 4.79 Å². The fourth-order valence-corrected chi connectivity index (χ4v) is 2.20. The van der Waals surface area contributed by atoms with Crippen molar-refractivity contribution in [1.29, 1.82) is 0 Å². The minimum absolute atomic E-state index is 0. The first-order valence-electron chi connectivity index (χ1n) is 6.30. The van der Waals surface area contributed by atoms with Gasteiger partial charge in [-0.2, -0.15) is 0 Å². The predicted molar refractivity (Wildman–Crippen MR) is 77.2 cm³/mol. The number of carbonyl (C=O) groups is 1. The molecule has 1 atom stereocenters. The highest BCUT2D eigenvalue weighted by molar-refractivity contribution is 5.95. The highest BCUT2D eigenvalue weighted by atomic mass is 35.5. The Morgan fingerprint density at radius 3 is 2.79 bits per heavy atom. The third kappa shape index (κ3) is 3.67. The molecule has 1 aromatic carbocycles. The van der Waals surface area contributed by atoms with Crippen molar-refractivity contribution >= 4 is 24.0 Å². The van der Waals surface area contributed by atoms with Gasteiger partial charge < -0.3 is 10.6 Å². The van der Waals surface area contributed by atoms with Crippen molar-refractivity contribution < 1.29 is 9.18 Å². The molecular formula is C14H20ClFN2O. The van der Waals surface area contributed by atoms with Crippen molar-refractivity contribution in [3.8, 4) is 0 Å². The van der Waals surface area contributed by atoms with Gasteiger partial charge in [0.1, 0.15) is 5.82 Å². The summed E-state index contributed by atoms with van der Waals surface area (Å²) in [5.74, 6) is -0.335. The average Bonchev–Trinajstić information content (AvgIpc) is 2.35.